The van der Waals surface area contributed by atoms with Gasteiger partial charge in [0.2, 0.25) is 0 Å². The summed E-state index contributed by atoms with van der Waals surface area (Å²) in [6, 6.07) is 7.21. The van der Waals surface area contributed by atoms with E-state index < -0.39 is 17.2 Å². The molecule has 1 heterocycles. The van der Waals surface area contributed by atoms with Crippen molar-refractivity contribution in [2.75, 3.05) is 17.2 Å². The second-order valence-corrected chi connectivity index (χ2v) is 9.04. The molecular weight excluding hydrogens is 434 g/mol. The average Bonchev–Trinajstić information content (AvgIpc) is 3.61. The summed E-state index contributed by atoms with van der Waals surface area (Å²) in [5.74, 6) is -0.430. The number of nitrogens with one attached hydrogen (secondary N) is 2. The number of carbonyl (C=O) groups is 2. The predicted octanol–water partition coefficient (Wildman–Crippen LogP) is 2.51. The molecule has 1 aromatic heterocycles. The number of rotatable bonds is 10. The highest BCUT2D eigenvalue weighted by Gasteiger charge is 2.24. The van der Waals surface area contributed by atoms with Crippen LogP contribution in [0.2, 0.25) is 0 Å². The van der Waals surface area contributed by atoms with Crippen LogP contribution in [-0.2, 0) is 11.3 Å². The van der Waals surface area contributed by atoms with E-state index in [1.165, 1.54) is 15.5 Å². The van der Waals surface area contributed by atoms with Crippen LogP contribution in [-0.4, -0.2) is 34.0 Å². The molecule has 9 heteroatoms. The summed E-state index contributed by atoms with van der Waals surface area (Å²) in [5, 5.41) is 2.94. The van der Waals surface area contributed by atoms with E-state index in [-0.39, 0.29) is 35.9 Å². The largest absolute Gasteiger partial charge is 0.383 e. The van der Waals surface area contributed by atoms with Crippen molar-refractivity contribution >= 4 is 29.4 Å². The molecule has 1 aliphatic carbocycles. The molecule has 1 saturated carbocycles. The number of benzene rings is 1. The number of aromatic nitrogens is 2. The van der Waals surface area contributed by atoms with Crippen LogP contribution in [0, 0.1) is 5.92 Å². The molecule has 34 heavy (non-hydrogen) atoms. The maximum atomic E-state index is 13.1. The first kappa shape index (κ1) is 25.0. The fourth-order valence-electron chi connectivity index (χ4n) is 3.53. The summed E-state index contributed by atoms with van der Waals surface area (Å²) in [6.07, 6.45) is 6.50. The highest BCUT2D eigenvalue weighted by atomic mass is 16.2. The number of nitrogens with zero attached hydrogens (tertiary/aromatic N) is 2. The van der Waals surface area contributed by atoms with Crippen molar-refractivity contribution in [1.29, 1.82) is 0 Å². The van der Waals surface area contributed by atoms with Gasteiger partial charge in [-0.15, -0.1) is 0 Å². The third kappa shape index (κ3) is 6.24. The minimum atomic E-state index is -0.689. The Morgan fingerprint density at radius 3 is 2.50 bits per heavy atom. The first-order valence-electron chi connectivity index (χ1n) is 11.7. The lowest BCUT2D eigenvalue weighted by Gasteiger charge is -2.23. The molecule has 9 nitrogen and oxygen atoms in total. The van der Waals surface area contributed by atoms with E-state index in [0.717, 1.165) is 24.8 Å². The van der Waals surface area contributed by atoms with Crippen LogP contribution in [0.25, 0.3) is 6.08 Å². The van der Waals surface area contributed by atoms with E-state index >= 15 is 0 Å². The molecule has 1 aromatic carbocycles. The van der Waals surface area contributed by atoms with Gasteiger partial charge in [0, 0.05) is 30.8 Å². The first-order chi connectivity index (χ1) is 16.2. The Labute approximate surface area is 198 Å². The van der Waals surface area contributed by atoms with Crippen LogP contribution < -0.4 is 27.2 Å². The van der Waals surface area contributed by atoms with Crippen LogP contribution in [0.3, 0.4) is 0 Å². The fourth-order valence-corrected chi connectivity index (χ4v) is 3.53. The van der Waals surface area contributed by atoms with Gasteiger partial charge in [0.05, 0.1) is 0 Å². The monoisotopic (exact) mass is 467 g/mol. The van der Waals surface area contributed by atoms with Gasteiger partial charge < -0.3 is 16.0 Å². The molecule has 0 saturated heterocycles. The Balaban J connectivity index is 1.85. The van der Waals surface area contributed by atoms with Gasteiger partial charge in [0.1, 0.15) is 5.82 Å². The van der Waals surface area contributed by atoms with Crippen LogP contribution in [0.5, 0.6) is 0 Å². The summed E-state index contributed by atoms with van der Waals surface area (Å²) in [5.41, 5.74) is 6.22. The number of amides is 2. The van der Waals surface area contributed by atoms with Crippen molar-refractivity contribution in [1.82, 2.24) is 14.9 Å². The van der Waals surface area contributed by atoms with E-state index in [4.69, 9.17) is 5.73 Å². The molecule has 0 aliphatic heterocycles. The second-order valence-electron chi connectivity index (χ2n) is 9.04. The molecule has 0 radical (unpaired) electrons. The quantitative estimate of drug-likeness (QED) is 0.462. The van der Waals surface area contributed by atoms with Gasteiger partial charge in [-0.3, -0.25) is 23.9 Å². The molecule has 1 aliphatic rings. The molecule has 0 unspecified atom stereocenters. The van der Waals surface area contributed by atoms with Crippen molar-refractivity contribution in [2.45, 2.75) is 59.0 Å². The highest BCUT2D eigenvalue weighted by Crippen LogP contribution is 2.20. The van der Waals surface area contributed by atoms with E-state index in [2.05, 4.69) is 10.3 Å². The number of H-pyrrole nitrogens is 1. The number of nitrogens with two attached hydrogens (primary N) is 1. The lowest BCUT2D eigenvalue weighted by Crippen LogP contribution is -2.41. The van der Waals surface area contributed by atoms with Crippen molar-refractivity contribution in [3.05, 3.63) is 62.3 Å². The molecule has 0 bridgehead atoms. The van der Waals surface area contributed by atoms with Crippen LogP contribution in [0.4, 0.5) is 11.5 Å². The summed E-state index contributed by atoms with van der Waals surface area (Å²) < 4.78 is 1.29. The van der Waals surface area contributed by atoms with Gasteiger partial charge in [0.25, 0.3) is 17.4 Å². The number of aromatic amines is 1. The Morgan fingerprint density at radius 1 is 1.24 bits per heavy atom. The summed E-state index contributed by atoms with van der Waals surface area (Å²) in [4.78, 5) is 53.8. The molecule has 3 rings (SSSR count). The van der Waals surface area contributed by atoms with Gasteiger partial charge >= 0.3 is 5.69 Å². The number of anilines is 2. The topological polar surface area (TPSA) is 130 Å². The standard InChI is InChI=1S/C25H33N5O4/c1-4-5-14-29(21-22(26)30(15-16(2)3)25(34)28-24(21)33)20(31)13-8-17-6-9-18(10-7-17)23(32)27-19-11-12-19/h6-10,13,16,19H,4-5,11-12,14-15,26H2,1-3H3,(H,27,32)(H,28,33,34)/b13-8+. The normalized spacial score (nSPS) is 13.4. The Bertz CT molecular complexity index is 1170. The maximum Gasteiger partial charge on any atom is 0.330 e. The Morgan fingerprint density at radius 2 is 1.91 bits per heavy atom. The zero-order valence-electron chi connectivity index (χ0n) is 20.0. The summed E-state index contributed by atoms with van der Waals surface area (Å²) in [7, 11) is 0. The minimum Gasteiger partial charge on any atom is -0.383 e. The zero-order valence-corrected chi connectivity index (χ0v) is 20.0. The number of hydrogen-bond acceptors (Lipinski definition) is 5. The van der Waals surface area contributed by atoms with Gasteiger partial charge in [-0.25, -0.2) is 4.79 Å². The highest BCUT2D eigenvalue weighted by molar-refractivity contribution is 6.05. The number of nitrogen functional groups attached to an aromatic ring is 1. The molecule has 0 spiro atoms. The second kappa shape index (κ2) is 11.0. The summed E-state index contributed by atoms with van der Waals surface area (Å²) >= 11 is 0. The van der Waals surface area contributed by atoms with Crippen molar-refractivity contribution in [3.8, 4) is 0 Å². The van der Waals surface area contributed by atoms with E-state index in [9.17, 15) is 19.2 Å². The summed E-state index contributed by atoms with van der Waals surface area (Å²) in [6.45, 7) is 6.45. The SMILES string of the molecule is CCCCN(C(=O)/C=C/c1ccc(C(=O)NC2CC2)cc1)c1c(N)n(CC(C)C)c(=O)[nH]c1=O. The fraction of sp³-hybridized carbons (Fsp3) is 0.440. The minimum absolute atomic E-state index is 0.0181. The lowest BCUT2D eigenvalue weighted by atomic mass is 10.1. The van der Waals surface area contributed by atoms with E-state index in [0.29, 0.717) is 18.5 Å². The molecule has 2 aromatic rings. The Hall–Kier alpha value is -3.62. The predicted molar refractivity (Wildman–Crippen MR) is 134 cm³/mol. The van der Waals surface area contributed by atoms with Crippen LogP contribution in [0.1, 0.15) is 62.4 Å². The van der Waals surface area contributed by atoms with Gasteiger partial charge in [-0.05, 0) is 49.0 Å². The average molecular weight is 468 g/mol. The van der Waals surface area contributed by atoms with Gasteiger partial charge in [-0.1, -0.05) is 39.3 Å². The number of unbranched alkanes of at least 4 members (excludes halogenated alkanes) is 1. The van der Waals surface area contributed by atoms with Crippen molar-refractivity contribution < 1.29 is 9.59 Å². The smallest absolute Gasteiger partial charge is 0.330 e. The third-order valence-corrected chi connectivity index (χ3v) is 5.54. The maximum absolute atomic E-state index is 13.1. The molecule has 0 atom stereocenters. The number of carbonyl (C=O) groups excluding carboxylic acids is 2. The number of hydrogen-bond donors (Lipinski definition) is 3. The first-order valence-corrected chi connectivity index (χ1v) is 11.7. The van der Waals surface area contributed by atoms with Gasteiger partial charge in [0.15, 0.2) is 5.69 Å². The molecule has 1 fully saturated rings. The lowest BCUT2D eigenvalue weighted by molar-refractivity contribution is -0.114. The molecule has 4 N–H and O–H groups in total. The van der Waals surface area contributed by atoms with E-state index in [1.807, 2.05) is 20.8 Å². The van der Waals surface area contributed by atoms with Crippen molar-refractivity contribution in [2.24, 2.45) is 5.92 Å². The third-order valence-electron chi connectivity index (χ3n) is 5.54. The molecule has 182 valence electrons. The molecule has 2 amide bonds. The Kier molecular flexibility index (Phi) is 8.09. The zero-order chi connectivity index (χ0) is 24.8. The van der Waals surface area contributed by atoms with Crippen molar-refractivity contribution in [3.63, 3.8) is 0 Å². The van der Waals surface area contributed by atoms with E-state index in [1.54, 1.807) is 30.3 Å². The van der Waals surface area contributed by atoms with Crippen LogP contribution in [0.15, 0.2) is 39.9 Å². The van der Waals surface area contributed by atoms with Gasteiger partial charge in [-0.2, -0.15) is 0 Å². The van der Waals surface area contributed by atoms with Crippen LogP contribution >= 0.6 is 0 Å². The molecular formula is C25H33N5O4.